The van der Waals surface area contributed by atoms with Crippen LogP contribution in [-0.4, -0.2) is 35.5 Å². The fraction of sp³-hybridized carbons (Fsp3) is 0.250. The Hall–Kier alpha value is -1.77. The van der Waals surface area contributed by atoms with E-state index in [2.05, 4.69) is 16.5 Å². The van der Waals surface area contributed by atoms with Gasteiger partial charge in [-0.25, -0.2) is 0 Å². The lowest BCUT2D eigenvalue weighted by Crippen LogP contribution is -2.28. The first-order valence-electron chi connectivity index (χ1n) is 5.01. The molecule has 1 aliphatic heterocycles. The van der Waals surface area contributed by atoms with Crippen LogP contribution < -0.4 is 0 Å². The van der Waals surface area contributed by atoms with Gasteiger partial charge in [0.25, 0.3) is 0 Å². The second-order valence-electron chi connectivity index (χ2n) is 3.49. The molecule has 0 bridgehead atoms. The lowest BCUT2D eigenvalue weighted by Gasteiger charge is -2.18. The van der Waals surface area contributed by atoms with E-state index >= 15 is 0 Å². The van der Waals surface area contributed by atoms with Gasteiger partial charge < -0.3 is 10.0 Å². The van der Waals surface area contributed by atoms with Gasteiger partial charge in [-0.3, -0.25) is 4.99 Å². The smallest absolute Gasteiger partial charge is 0.131 e. The fourth-order valence-electron chi connectivity index (χ4n) is 1.70. The number of amidine groups is 1. The predicted molar refractivity (Wildman–Crippen MR) is 61.3 cm³/mol. The van der Waals surface area contributed by atoms with E-state index in [1.807, 2.05) is 18.2 Å². The summed E-state index contributed by atoms with van der Waals surface area (Å²) >= 11 is 0. The molecule has 0 radical (unpaired) electrons. The summed E-state index contributed by atoms with van der Waals surface area (Å²) in [5.74, 6) is 1.28. The Morgan fingerprint density at radius 3 is 2.80 bits per heavy atom. The summed E-state index contributed by atoms with van der Waals surface area (Å²) in [7, 11) is 0. The molecule has 2 rings (SSSR count). The van der Waals surface area contributed by atoms with Crippen molar-refractivity contribution in [1.29, 1.82) is 0 Å². The van der Waals surface area contributed by atoms with E-state index in [-0.39, 0.29) is 5.75 Å². The highest BCUT2D eigenvalue weighted by atomic mass is 16.3. The molecule has 0 amide bonds. The highest BCUT2D eigenvalue weighted by Gasteiger charge is 2.16. The Morgan fingerprint density at radius 2 is 2.13 bits per heavy atom. The summed E-state index contributed by atoms with van der Waals surface area (Å²) in [6, 6.07) is 7.13. The third-order valence-electron chi connectivity index (χ3n) is 2.41. The van der Waals surface area contributed by atoms with Crippen LogP contribution in [0.15, 0.2) is 41.9 Å². The molecule has 0 atom stereocenters. The monoisotopic (exact) mass is 202 g/mol. The number of aliphatic imine (C=N–C) groups is 1. The molecule has 0 spiro atoms. The standard InChI is InChI=1S/C12H14N2O/c1-2-8-14-9-7-13-12(14)10-3-5-11(15)6-4-10/h2-6,15H,1,7-9H2. The van der Waals surface area contributed by atoms with Crippen LogP contribution in [0.1, 0.15) is 5.56 Å². The number of phenols is 1. The fourth-order valence-corrected chi connectivity index (χ4v) is 1.70. The molecular formula is C12H14N2O. The van der Waals surface area contributed by atoms with Gasteiger partial charge in [0, 0.05) is 18.7 Å². The Bertz CT molecular complexity index is 381. The number of hydrogen-bond donors (Lipinski definition) is 1. The molecule has 0 aromatic heterocycles. The van der Waals surface area contributed by atoms with E-state index < -0.39 is 0 Å². The SMILES string of the molecule is C=CCN1CCN=C1c1ccc(O)cc1. The molecular weight excluding hydrogens is 188 g/mol. The van der Waals surface area contributed by atoms with Crippen molar-refractivity contribution in [1.82, 2.24) is 4.90 Å². The average molecular weight is 202 g/mol. The van der Waals surface area contributed by atoms with Crippen LogP contribution in [0.4, 0.5) is 0 Å². The van der Waals surface area contributed by atoms with Crippen LogP contribution >= 0.6 is 0 Å². The number of nitrogens with zero attached hydrogens (tertiary/aromatic N) is 2. The van der Waals surface area contributed by atoms with Crippen molar-refractivity contribution in [2.75, 3.05) is 19.6 Å². The molecule has 0 saturated heterocycles. The lowest BCUT2D eigenvalue weighted by molar-refractivity contribution is 0.475. The Kier molecular flexibility index (Phi) is 2.72. The first-order valence-corrected chi connectivity index (χ1v) is 5.01. The van der Waals surface area contributed by atoms with Crippen molar-refractivity contribution in [3.8, 4) is 5.75 Å². The van der Waals surface area contributed by atoms with Crippen LogP contribution in [0.5, 0.6) is 5.75 Å². The maximum absolute atomic E-state index is 9.20. The van der Waals surface area contributed by atoms with E-state index in [4.69, 9.17) is 0 Å². The molecule has 78 valence electrons. The van der Waals surface area contributed by atoms with Crippen molar-refractivity contribution in [3.05, 3.63) is 42.5 Å². The van der Waals surface area contributed by atoms with E-state index in [0.717, 1.165) is 31.0 Å². The normalized spacial score (nSPS) is 15.2. The quantitative estimate of drug-likeness (QED) is 0.756. The van der Waals surface area contributed by atoms with E-state index in [1.165, 1.54) is 0 Å². The molecule has 0 fully saturated rings. The number of hydrogen-bond acceptors (Lipinski definition) is 3. The minimum absolute atomic E-state index is 0.285. The predicted octanol–water partition coefficient (Wildman–Crippen LogP) is 1.64. The Morgan fingerprint density at radius 1 is 1.40 bits per heavy atom. The highest BCUT2D eigenvalue weighted by Crippen LogP contribution is 2.15. The molecule has 1 aromatic rings. The summed E-state index contributed by atoms with van der Waals surface area (Å²) in [4.78, 5) is 6.63. The highest BCUT2D eigenvalue weighted by molar-refractivity contribution is 5.99. The first kappa shape index (κ1) is 9.77. The molecule has 0 aliphatic carbocycles. The van der Waals surface area contributed by atoms with Crippen LogP contribution in [0.25, 0.3) is 0 Å². The first-order chi connectivity index (χ1) is 7.31. The van der Waals surface area contributed by atoms with E-state index in [0.29, 0.717) is 0 Å². The summed E-state index contributed by atoms with van der Waals surface area (Å²) in [6.45, 7) is 6.33. The number of aromatic hydroxyl groups is 1. The van der Waals surface area contributed by atoms with Crippen LogP contribution in [0, 0.1) is 0 Å². The zero-order valence-electron chi connectivity index (χ0n) is 8.56. The summed E-state index contributed by atoms with van der Waals surface area (Å²) < 4.78 is 0. The van der Waals surface area contributed by atoms with Crippen LogP contribution in [0.3, 0.4) is 0 Å². The molecule has 1 heterocycles. The van der Waals surface area contributed by atoms with Crippen LogP contribution in [-0.2, 0) is 0 Å². The summed E-state index contributed by atoms with van der Waals surface area (Å²) in [6.07, 6.45) is 1.88. The average Bonchev–Trinajstić information content (AvgIpc) is 2.68. The lowest BCUT2D eigenvalue weighted by atomic mass is 10.2. The second-order valence-corrected chi connectivity index (χ2v) is 3.49. The Labute approximate surface area is 89.4 Å². The molecule has 0 saturated carbocycles. The minimum atomic E-state index is 0.285. The summed E-state index contributed by atoms with van der Waals surface area (Å²) in [5.41, 5.74) is 1.05. The zero-order chi connectivity index (χ0) is 10.7. The van der Waals surface area contributed by atoms with Crippen molar-refractivity contribution >= 4 is 5.84 Å². The number of benzene rings is 1. The van der Waals surface area contributed by atoms with E-state index in [1.54, 1.807) is 12.1 Å². The third kappa shape index (κ3) is 2.01. The molecule has 3 nitrogen and oxygen atoms in total. The van der Waals surface area contributed by atoms with Gasteiger partial charge in [0.15, 0.2) is 0 Å². The third-order valence-corrected chi connectivity index (χ3v) is 2.41. The molecule has 0 unspecified atom stereocenters. The van der Waals surface area contributed by atoms with Gasteiger partial charge in [-0.15, -0.1) is 6.58 Å². The number of rotatable bonds is 3. The van der Waals surface area contributed by atoms with Crippen molar-refractivity contribution < 1.29 is 5.11 Å². The maximum atomic E-state index is 9.20. The molecule has 1 aliphatic rings. The summed E-state index contributed by atoms with van der Waals surface area (Å²) in [5, 5.41) is 9.20. The van der Waals surface area contributed by atoms with E-state index in [9.17, 15) is 5.11 Å². The van der Waals surface area contributed by atoms with Gasteiger partial charge >= 0.3 is 0 Å². The van der Waals surface area contributed by atoms with Gasteiger partial charge in [-0.1, -0.05) is 6.08 Å². The second kappa shape index (κ2) is 4.17. The van der Waals surface area contributed by atoms with Crippen molar-refractivity contribution in [2.24, 2.45) is 4.99 Å². The zero-order valence-corrected chi connectivity index (χ0v) is 8.56. The number of phenolic OH excluding ortho intramolecular Hbond substituents is 1. The topological polar surface area (TPSA) is 35.8 Å². The molecule has 3 heteroatoms. The molecule has 1 aromatic carbocycles. The van der Waals surface area contributed by atoms with Gasteiger partial charge in [-0.05, 0) is 24.3 Å². The van der Waals surface area contributed by atoms with Gasteiger partial charge in [0.2, 0.25) is 0 Å². The van der Waals surface area contributed by atoms with Gasteiger partial charge in [0.1, 0.15) is 11.6 Å². The van der Waals surface area contributed by atoms with Gasteiger partial charge in [0.05, 0.1) is 6.54 Å². The van der Waals surface area contributed by atoms with Gasteiger partial charge in [-0.2, -0.15) is 0 Å². The molecule has 15 heavy (non-hydrogen) atoms. The van der Waals surface area contributed by atoms with Crippen molar-refractivity contribution in [2.45, 2.75) is 0 Å². The minimum Gasteiger partial charge on any atom is -0.508 e. The van der Waals surface area contributed by atoms with Crippen LogP contribution in [0.2, 0.25) is 0 Å². The van der Waals surface area contributed by atoms with Crippen molar-refractivity contribution in [3.63, 3.8) is 0 Å². The maximum Gasteiger partial charge on any atom is 0.131 e. The Balaban J connectivity index is 2.22. The largest absolute Gasteiger partial charge is 0.508 e. The molecule has 1 N–H and O–H groups in total.